The van der Waals surface area contributed by atoms with Gasteiger partial charge in [-0.2, -0.15) is 0 Å². The first kappa shape index (κ1) is 30.3. The number of amides is 2. The van der Waals surface area contributed by atoms with Crippen molar-refractivity contribution in [2.75, 3.05) is 32.2 Å². The quantitative estimate of drug-likeness (QED) is 0.385. The minimum absolute atomic E-state index is 0.0378. The summed E-state index contributed by atoms with van der Waals surface area (Å²) < 4.78 is 12.0. The van der Waals surface area contributed by atoms with Crippen LogP contribution in [0.1, 0.15) is 57.0 Å². The van der Waals surface area contributed by atoms with Crippen LogP contribution in [-0.2, 0) is 16.0 Å². The van der Waals surface area contributed by atoms with Gasteiger partial charge in [-0.05, 0) is 50.5 Å². The summed E-state index contributed by atoms with van der Waals surface area (Å²) in [5.74, 6) is -0.226. The average molecular weight is 499 g/mol. The number of esters is 1. The van der Waals surface area contributed by atoms with Gasteiger partial charge in [0.2, 0.25) is 5.43 Å². The Hall–Kier alpha value is -3.72. The fraction of sp³-hybridized carbons (Fsp3) is 0.407. The average Bonchev–Trinajstić information content (AvgIpc) is 2.87. The largest absolute Gasteiger partial charge is 0.462 e. The number of pyridine rings is 2. The normalized spacial score (nSPS) is 11.4. The van der Waals surface area contributed by atoms with Crippen LogP contribution in [0.15, 0.2) is 35.4 Å². The Morgan fingerprint density at radius 2 is 1.94 bits per heavy atom. The van der Waals surface area contributed by atoms with Gasteiger partial charge in [0.1, 0.15) is 11.4 Å². The molecule has 0 saturated carbocycles. The van der Waals surface area contributed by atoms with Crippen molar-refractivity contribution in [3.8, 4) is 0 Å². The molecular weight excluding hydrogens is 460 g/mol. The molecule has 0 bridgehead atoms. The second kappa shape index (κ2) is 16.0. The Balaban J connectivity index is 0.00000316. The Kier molecular flexibility index (Phi) is 13.5. The minimum Gasteiger partial charge on any atom is -0.462 e. The molecular formula is C27H38N4O5. The van der Waals surface area contributed by atoms with E-state index in [-0.39, 0.29) is 23.4 Å². The summed E-state index contributed by atoms with van der Waals surface area (Å²) in [4.78, 5) is 41.0. The van der Waals surface area contributed by atoms with Crippen molar-refractivity contribution in [2.24, 2.45) is 0 Å². The highest BCUT2D eigenvalue weighted by molar-refractivity contribution is 5.89. The number of rotatable bonds is 10. The van der Waals surface area contributed by atoms with Crippen LogP contribution in [0.4, 0.5) is 10.6 Å². The molecule has 0 atom stereocenters. The molecule has 0 radical (unpaired) electrons. The zero-order valence-electron chi connectivity index (χ0n) is 22.1. The third kappa shape index (κ3) is 8.81. The summed E-state index contributed by atoms with van der Waals surface area (Å²) in [5.41, 5.74) is 1.11. The molecule has 2 aromatic heterocycles. The second-order valence-corrected chi connectivity index (χ2v) is 7.44. The molecule has 0 aliphatic carbocycles. The number of anilines is 1. The zero-order chi connectivity index (χ0) is 27.1. The van der Waals surface area contributed by atoms with Crippen molar-refractivity contribution in [2.45, 2.75) is 47.6 Å². The number of nitrogens with zero attached hydrogens (tertiary/aromatic N) is 2. The number of allylic oxidation sites excluding steroid dienone is 1. The van der Waals surface area contributed by atoms with Crippen LogP contribution in [0.5, 0.6) is 0 Å². The van der Waals surface area contributed by atoms with Crippen molar-refractivity contribution in [3.63, 3.8) is 0 Å². The van der Waals surface area contributed by atoms with Crippen LogP contribution in [-0.4, -0.2) is 48.4 Å². The van der Waals surface area contributed by atoms with Crippen molar-refractivity contribution in [1.29, 1.82) is 0 Å². The van der Waals surface area contributed by atoms with Gasteiger partial charge in [0.05, 0.1) is 12.0 Å². The predicted octanol–water partition coefficient (Wildman–Crippen LogP) is 2.92. The number of hydrogen-bond donors (Lipinski definition) is 2. The minimum atomic E-state index is -0.662. The molecule has 0 fully saturated rings. The number of aryl methyl sites for hydroxylation is 1. The van der Waals surface area contributed by atoms with Gasteiger partial charge in [-0.25, -0.2) is 14.6 Å². The molecule has 9 heteroatoms. The number of hydrogen-bond acceptors (Lipinski definition) is 6. The lowest BCUT2D eigenvalue weighted by atomic mass is 10.1. The highest BCUT2D eigenvalue weighted by atomic mass is 16.5. The zero-order valence-corrected chi connectivity index (χ0v) is 22.1. The molecule has 2 amide bonds. The van der Waals surface area contributed by atoms with E-state index >= 15 is 0 Å². The summed E-state index contributed by atoms with van der Waals surface area (Å²) in [7, 11) is 1.62. The van der Waals surface area contributed by atoms with Gasteiger partial charge >= 0.3 is 12.0 Å². The van der Waals surface area contributed by atoms with E-state index in [0.29, 0.717) is 37.3 Å². The van der Waals surface area contributed by atoms with Gasteiger partial charge in [0.15, 0.2) is 0 Å². The molecule has 0 aromatic carbocycles. The first-order valence-electron chi connectivity index (χ1n) is 12.1. The SMILES string of the molecule is C=c1c(=O)c(C(=O)OCC)cn(CCCOC)/c1=C(C)/C=C/c1ccc(NC(=O)NCC)nc1.CC. The maximum Gasteiger partial charge on any atom is 0.343 e. The molecule has 9 nitrogen and oxygen atoms in total. The molecule has 2 heterocycles. The topological polar surface area (TPSA) is 112 Å². The fourth-order valence-corrected chi connectivity index (χ4v) is 3.30. The Labute approximate surface area is 212 Å². The maximum absolute atomic E-state index is 12.9. The van der Waals surface area contributed by atoms with E-state index in [4.69, 9.17) is 9.47 Å². The molecule has 0 aliphatic rings. The highest BCUT2D eigenvalue weighted by Gasteiger charge is 2.15. The van der Waals surface area contributed by atoms with Crippen molar-refractivity contribution in [3.05, 3.63) is 62.5 Å². The number of methoxy groups -OCH3 is 1. The van der Waals surface area contributed by atoms with Gasteiger partial charge < -0.3 is 19.4 Å². The van der Waals surface area contributed by atoms with Gasteiger partial charge in [-0.15, -0.1) is 0 Å². The molecule has 2 aromatic rings. The van der Waals surface area contributed by atoms with E-state index in [1.165, 1.54) is 6.20 Å². The lowest BCUT2D eigenvalue weighted by Crippen LogP contribution is -2.48. The van der Waals surface area contributed by atoms with Crippen LogP contribution in [0, 0.1) is 0 Å². The molecule has 2 N–H and O–H groups in total. The van der Waals surface area contributed by atoms with Gasteiger partial charge in [-0.3, -0.25) is 10.1 Å². The summed E-state index contributed by atoms with van der Waals surface area (Å²) in [6.45, 7) is 15.1. The van der Waals surface area contributed by atoms with Crippen LogP contribution in [0.25, 0.3) is 18.2 Å². The maximum atomic E-state index is 12.9. The molecule has 196 valence electrons. The number of urea groups is 1. The second-order valence-electron chi connectivity index (χ2n) is 7.44. The Morgan fingerprint density at radius 1 is 1.22 bits per heavy atom. The van der Waals surface area contributed by atoms with Gasteiger partial charge in [0.25, 0.3) is 0 Å². The van der Waals surface area contributed by atoms with Crippen LogP contribution < -0.4 is 26.6 Å². The van der Waals surface area contributed by atoms with Crippen LogP contribution in [0.2, 0.25) is 0 Å². The van der Waals surface area contributed by atoms with Crippen molar-refractivity contribution < 1.29 is 19.1 Å². The van der Waals surface area contributed by atoms with Gasteiger partial charge in [0, 0.05) is 44.4 Å². The first-order chi connectivity index (χ1) is 17.3. The highest BCUT2D eigenvalue weighted by Crippen LogP contribution is 2.08. The molecule has 2 rings (SSSR count). The number of aromatic nitrogens is 2. The van der Waals surface area contributed by atoms with E-state index in [2.05, 4.69) is 22.2 Å². The summed E-state index contributed by atoms with van der Waals surface area (Å²) in [6.07, 6.45) is 7.55. The molecule has 36 heavy (non-hydrogen) atoms. The third-order valence-electron chi connectivity index (χ3n) is 4.88. The first-order valence-corrected chi connectivity index (χ1v) is 12.1. The van der Waals surface area contributed by atoms with Crippen LogP contribution in [0.3, 0.4) is 0 Å². The fourth-order valence-electron chi connectivity index (χ4n) is 3.30. The smallest absolute Gasteiger partial charge is 0.343 e. The molecule has 0 unspecified atom stereocenters. The van der Waals surface area contributed by atoms with E-state index in [1.807, 2.05) is 50.5 Å². The summed E-state index contributed by atoms with van der Waals surface area (Å²) in [5, 5.41) is 6.14. The van der Waals surface area contributed by atoms with Crippen LogP contribution >= 0.6 is 0 Å². The number of carbonyl (C=O) groups excluding carboxylic acids is 2. The number of ether oxygens (including phenoxy) is 2. The van der Waals surface area contributed by atoms with Crippen molar-refractivity contribution >= 4 is 36.0 Å². The number of nitrogens with one attached hydrogen (secondary N) is 2. The number of carbonyl (C=O) groups is 2. The summed E-state index contributed by atoms with van der Waals surface area (Å²) >= 11 is 0. The van der Waals surface area contributed by atoms with Crippen molar-refractivity contribution in [1.82, 2.24) is 14.9 Å². The molecule has 0 aliphatic heterocycles. The van der Waals surface area contributed by atoms with E-state index < -0.39 is 11.4 Å². The van der Waals surface area contributed by atoms with E-state index in [1.54, 1.807) is 26.3 Å². The predicted molar refractivity (Wildman–Crippen MR) is 144 cm³/mol. The van der Waals surface area contributed by atoms with Gasteiger partial charge in [-0.1, -0.05) is 32.6 Å². The Morgan fingerprint density at radius 3 is 2.53 bits per heavy atom. The third-order valence-corrected chi connectivity index (χ3v) is 4.88. The van der Waals surface area contributed by atoms with E-state index in [0.717, 1.165) is 11.1 Å². The molecule has 0 saturated heterocycles. The summed E-state index contributed by atoms with van der Waals surface area (Å²) in [6, 6.07) is 3.20. The lowest BCUT2D eigenvalue weighted by molar-refractivity contribution is 0.0523. The standard InChI is InChI=1S/C25H32N4O5.C2H6/c1-6-26-25(32)28-21-12-11-19(15-27-21)10-9-17(3)22-18(4)23(30)20(24(31)34-7-2)16-29(22)13-8-14-33-5;1-2/h9-12,15-16H,4,6-8,13-14H2,1-3,5H3,(H2,26,27,28,32);1-2H3/b10-9+,22-17+;. The van der Waals surface area contributed by atoms with E-state index in [9.17, 15) is 14.4 Å². The molecule has 0 spiro atoms. The monoisotopic (exact) mass is 498 g/mol. The lowest BCUT2D eigenvalue weighted by Gasteiger charge is -2.12. The Bertz CT molecular complexity index is 1200.